The molecule has 1 aromatic heterocycles. The van der Waals surface area contributed by atoms with Crippen molar-refractivity contribution in [2.45, 2.75) is 19.8 Å². The lowest BCUT2D eigenvalue weighted by Gasteiger charge is -2.10. The average Bonchev–Trinajstić information content (AvgIpc) is 3.17. The summed E-state index contributed by atoms with van der Waals surface area (Å²) in [7, 11) is 0. The van der Waals surface area contributed by atoms with Gasteiger partial charge in [0, 0.05) is 21.8 Å². The third kappa shape index (κ3) is 4.93. The van der Waals surface area contributed by atoms with E-state index in [9.17, 15) is 4.79 Å². The molecule has 0 unspecified atom stereocenters. The van der Waals surface area contributed by atoms with Gasteiger partial charge in [-0.3, -0.25) is 10.1 Å². The maximum atomic E-state index is 12.3. The van der Waals surface area contributed by atoms with Gasteiger partial charge in [-0.05, 0) is 78.3 Å². The van der Waals surface area contributed by atoms with E-state index in [0.717, 1.165) is 16.7 Å². The summed E-state index contributed by atoms with van der Waals surface area (Å²) in [5.74, 6) is 0.627. The van der Waals surface area contributed by atoms with Crippen LogP contribution in [0.5, 0.6) is 0 Å². The molecule has 0 radical (unpaired) electrons. The van der Waals surface area contributed by atoms with E-state index in [0.29, 0.717) is 28.1 Å². The number of anilines is 1. The molecule has 0 aliphatic carbocycles. The average molecular weight is 450 g/mol. The highest BCUT2D eigenvalue weighted by atomic mass is 35.5. The Kier molecular flexibility index (Phi) is 6.02. The van der Waals surface area contributed by atoms with Crippen LogP contribution in [0, 0.1) is 0 Å². The third-order valence-electron chi connectivity index (χ3n) is 4.78. The number of carbonyl (C=O) groups excluding carboxylic acids is 1. The van der Waals surface area contributed by atoms with E-state index < -0.39 is 0 Å². The van der Waals surface area contributed by atoms with Crippen molar-refractivity contribution in [1.82, 2.24) is 10.3 Å². The Morgan fingerprint density at radius 1 is 1.06 bits per heavy atom. The maximum Gasteiger partial charge on any atom is 0.257 e. The van der Waals surface area contributed by atoms with Crippen molar-refractivity contribution in [3.63, 3.8) is 0 Å². The van der Waals surface area contributed by atoms with Crippen LogP contribution in [-0.2, 0) is 0 Å². The van der Waals surface area contributed by atoms with Gasteiger partial charge in [-0.25, -0.2) is 4.98 Å². The second kappa shape index (κ2) is 8.88. The lowest BCUT2D eigenvalue weighted by molar-refractivity contribution is 0.0977. The number of amides is 1. The largest absolute Gasteiger partial charge is 0.436 e. The van der Waals surface area contributed by atoms with Gasteiger partial charge in [0.05, 0.1) is 0 Å². The van der Waals surface area contributed by atoms with Gasteiger partial charge in [-0.1, -0.05) is 37.6 Å². The summed E-state index contributed by atoms with van der Waals surface area (Å²) in [6.45, 7) is 4.29. The van der Waals surface area contributed by atoms with E-state index in [1.165, 1.54) is 5.56 Å². The minimum absolute atomic E-state index is 0.191. The summed E-state index contributed by atoms with van der Waals surface area (Å²) >= 11 is 11.1. The van der Waals surface area contributed by atoms with Crippen molar-refractivity contribution in [2.24, 2.45) is 0 Å². The van der Waals surface area contributed by atoms with Crippen molar-refractivity contribution in [3.8, 4) is 11.5 Å². The lowest BCUT2D eigenvalue weighted by atomic mass is 10.0. The van der Waals surface area contributed by atoms with Gasteiger partial charge in [-0.2, -0.15) is 0 Å². The topological polar surface area (TPSA) is 67.2 Å². The van der Waals surface area contributed by atoms with E-state index >= 15 is 0 Å². The fraction of sp³-hybridized carbons (Fsp3) is 0.125. The first kappa shape index (κ1) is 21.0. The molecular weight excluding hydrogens is 430 g/mol. The van der Waals surface area contributed by atoms with Gasteiger partial charge in [0.2, 0.25) is 5.89 Å². The number of oxazole rings is 1. The number of rotatable bonds is 4. The number of hydrogen-bond acceptors (Lipinski definition) is 4. The minimum atomic E-state index is -0.315. The third-order valence-corrected chi connectivity index (χ3v) is 5.24. The molecular formula is C24H20ClN3O2S. The SMILES string of the molecule is CC(C)c1ccc2oc(-c3cccc(NC(=S)NC(=O)c4ccc(Cl)cc4)c3)nc2c1. The standard InChI is InChI=1S/C24H20ClN3O2S/c1-14(2)16-8-11-21-20(13-16)27-23(30-21)17-4-3-5-19(12-17)26-24(31)28-22(29)15-6-9-18(25)10-7-15/h3-14H,1-2H3,(H2,26,28,29,31). The van der Waals surface area contributed by atoms with E-state index in [2.05, 4.69) is 41.6 Å². The molecule has 0 saturated carbocycles. The van der Waals surface area contributed by atoms with Gasteiger partial charge < -0.3 is 9.73 Å². The van der Waals surface area contributed by atoms with Crippen molar-refractivity contribution >= 4 is 51.6 Å². The summed E-state index contributed by atoms with van der Waals surface area (Å²) in [5, 5.41) is 6.44. The highest BCUT2D eigenvalue weighted by Gasteiger charge is 2.12. The molecule has 5 nitrogen and oxygen atoms in total. The fourth-order valence-electron chi connectivity index (χ4n) is 3.10. The number of thiocarbonyl (C=S) groups is 1. The zero-order valence-corrected chi connectivity index (χ0v) is 18.6. The van der Waals surface area contributed by atoms with Crippen LogP contribution in [0.3, 0.4) is 0 Å². The predicted molar refractivity (Wildman–Crippen MR) is 129 cm³/mol. The highest BCUT2D eigenvalue weighted by Crippen LogP contribution is 2.28. The molecule has 0 aliphatic heterocycles. The lowest BCUT2D eigenvalue weighted by Crippen LogP contribution is -2.34. The molecule has 0 spiro atoms. The summed E-state index contributed by atoms with van der Waals surface area (Å²) in [6.07, 6.45) is 0. The molecule has 7 heteroatoms. The first-order valence-corrected chi connectivity index (χ1v) is 10.6. The van der Waals surface area contributed by atoms with Crippen LogP contribution in [0.4, 0.5) is 5.69 Å². The molecule has 0 saturated heterocycles. The first-order valence-electron chi connectivity index (χ1n) is 9.78. The molecule has 156 valence electrons. The van der Waals surface area contributed by atoms with Gasteiger partial charge >= 0.3 is 0 Å². The Morgan fingerprint density at radius 2 is 1.84 bits per heavy atom. The monoisotopic (exact) mass is 449 g/mol. The number of halogens is 1. The van der Waals surface area contributed by atoms with Gasteiger partial charge in [-0.15, -0.1) is 0 Å². The van der Waals surface area contributed by atoms with Gasteiger partial charge in [0.1, 0.15) is 5.52 Å². The Labute approximate surface area is 190 Å². The zero-order valence-electron chi connectivity index (χ0n) is 17.0. The van der Waals surface area contributed by atoms with Crippen LogP contribution in [0.25, 0.3) is 22.6 Å². The molecule has 4 aromatic rings. The van der Waals surface area contributed by atoms with Crippen molar-refractivity contribution < 1.29 is 9.21 Å². The minimum Gasteiger partial charge on any atom is -0.436 e. The Hall–Kier alpha value is -3.22. The smallest absolute Gasteiger partial charge is 0.257 e. The van der Waals surface area contributed by atoms with E-state index in [1.54, 1.807) is 24.3 Å². The normalized spacial score (nSPS) is 11.0. The molecule has 0 atom stereocenters. The predicted octanol–water partition coefficient (Wildman–Crippen LogP) is 6.40. The Bertz CT molecular complexity index is 1270. The van der Waals surface area contributed by atoms with Crippen LogP contribution in [0.2, 0.25) is 5.02 Å². The first-order chi connectivity index (χ1) is 14.9. The second-order valence-corrected chi connectivity index (χ2v) is 8.24. The van der Waals surface area contributed by atoms with Crippen LogP contribution in [0.15, 0.2) is 71.1 Å². The molecule has 0 bridgehead atoms. The maximum absolute atomic E-state index is 12.3. The number of benzene rings is 3. The molecule has 1 heterocycles. The summed E-state index contributed by atoms with van der Waals surface area (Å²) in [6, 6.07) is 20.1. The fourth-order valence-corrected chi connectivity index (χ4v) is 3.43. The van der Waals surface area contributed by atoms with Crippen LogP contribution in [-0.4, -0.2) is 16.0 Å². The molecule has 3 aromatic carbocycles. The van der Waals surface area contributed by atoms with Crippen molar-refractivity contribution in [1.29, 1.82) is 0 Å². The van der Waals surface area contributed by atoms with Gasteiger partial charge in [0.25, 0.3) is 5.91 Å². The van der Waals surface area contributed by atoms with Crippen LogP contribution in [0.1, 0.15) is 35.7 Å². The number of fused-ring (bicyclic) bond motifs is 1. The molecule has 31 heavy (non-hydrogen) atoms. The molecule has 1 amide bonds. The quantitative estimate of drug-likeness (QED) is 0.353. The zero-order chi connectivity index (χ0) is 22.0. The van der Waals surface area contributed by atoms with E-state index in [1.807, 2.05) is 30.3 Å². The number of aromatic nitrogens is 1. The second-order valence-electron chi connectivity index (χ2n) is 7.40. The van der Waals surface area contributed by atoms with E-state index in [4.69, 9.17) is 28.2 Å². The summed E-state index contributed by atoms with van der Waals surface area (Å²) < 4.78 is 5.93. The molecule has 4 rings (SSSR count). The van der Waals surface area contributed by atoms with Crippen molar-refractivity contribution in [2.75, 3.05) is 5.32 Å². The Morgan fingerprint density at radius 3 is 2.58 bits per heavy atom. The summed E-state index contributed by atoms with van der Waals surface area (Å²) in [5.41, 5.74) is 4.76. The number of nitrogens with one attached hydrogen (secondary N) is 2. The number of nitrogens with zero attached hydrogens (tertiary/aromatic N) is 1. The van der Waals surface area contributed by atoms with Crippen molar-refractivity contribution in [3.05, 3.63) is 82.9 Å². The molecule has 0 fully saturated rings. The molecule has 0 aliphatic rings. The van der Waals surface area contributed by atoms with Crippen LogP contribution < -0.4 is 10.6 Å². The number of hydrogen-bond donors (Lipinski definition) is 2. The number of carbonyl (C=O) groups is 1. The Balaban J connectivity index is 1.49. The summed E-state index contributed by atoms with van der Waals surface area (Å²) in [4.78, 5) is 16.9. The van der Waals surface area contributed by atoms with Crippen LogP contribution >= 0.6 is 23.8 Å². The highest BCUT2D eigenvalue weighted by molar-refractivity contribution is 7.80. The van der Waals surface area contributed by atoms with Gasteiger partial charge in [0.15, 0.2) is 10.7 Å². The molecule has 2 N–H and O–H groups in total. The van der Waals surface area contributed by atoms with E-state index in [-0.39, 0.29) is 11.0 Å².